The van der Waals surface area contributed by atoms with Gasteiger partial charge in [0.05, 0.1) is 5.41 Å². The number of carboxylic acids is 2. The average molecular weight is 461 g/mol. The van der Waals surface area contributed by atoms with Crippen LogP contribution in [0.2, 0.25) is 0 Å². The molecule has 0 aromatic carbocycles. The van der Waals surface area contributed by atoms with E-state index >= 15 is 0 Å². The van der Waals surface area contributed by atoms with Gasteiger partial charge in [-0.15, -0.1) is 0 Å². The van der Waals surface area contributed by atoms with E-state index in [1.54, 1.807) is 0 Å². The van der Waals surface area contributed by atoms with Gasteiger partial charge in [0, 0.05) is 6.42 Å². The first-order valence-corrected chi connectivity index (χ1v) is 13.8. The van der Waals surface area contributed by atoms with Crippen LogP contribution in [0.5, 0.6) is 0 Å². The van der Waals surface area contributed by atoms with Crippen LogP contribution in [0.25, 0.3) is 0 Å². The van der Waals surface area contributed by atoms with E-state index in [0.717, 1.165) is 51.4 Å². The van der Waals surface area contributed by atoms with Gasteiger partial charge in [-0.05, 0) is 110 Å². The summed E-state index contributed by atoms with van der Waals surface area (Å²) in [5.41, 5.74) is -0.165. The predicted octanol–water partition coefficient (Wildman–Crippen LogP) is 7.26. The highest BCUT2D eigenvalue weighted by Crippen LogP contribution is 2.76. The number of hydrogen-bond donors (Lipinski definition) is 2. The first-order valence-electron chi connectivity index (χ1n) is 13.8. The zero-order valence-electron chi connectivity index (χ0n) is 22.0. The number of rotatable bonds is 6. The summed E-state index contributed by atoms with van der Waals surface area (Å²) >= 11 is 0. The molecule has 188 valence electrons. The van der Waals surface area contributed by atoms with Crippen molar-refractivity contribution in [3.63, 3.8) is 0 Å². The van der Waals surface area contributed by atoms with Crippen molar-refractivity contribution in [3.8, 4) is 0 Å². The number of fused-ring (bicyclic) bond motifs is 5. The number of carbonyl (C=O) groups is 2. The van der Waals surface area contributed by atoms with Gasteiger partial charge in [-0.1, -0.05) is 48.0 Å². The summed E-state index contributed by atoms with van der Waals surface area (Å²) in [6, 6.07) is 0. The molecule has 4 aliphatic rings. The Labute approximate surface area is 201 Å². The first-order chi connectivity index (χ1) is 15.4. The summed E-state index contributed by atoms with van der Waals surface area (Å²) in [4.78, 5) is 24.3. The third kappa shape index (κ3) is 3.35. The van der Waals surface area contributed by atoms with E-state index in [9.17, 15) is 19.8 Å². The maximum atomic E-state index is 12.7. The Kier molecular flexibility index (Phi) is 6.27. The van der Waals surface area contributed by atoms with Gasteiger partial charge in [0.15, 0.2) is 0 Å². The van der Waals surface area contributed by atoms with E-state index in [1.807, 2.05) is 0 Å². The minimum absolute atomic E-state index is 0.0581. The van der Waals surface area contributed by atoms with Crippen LogP contribution in [0, 0.1) is 57.2 Å². The first kappa shape index (κ1) is 25.0. The molecule has 0 aromatic rings. The molecule has 0 aromatic heterocycles. The zero-order chi connectivity index (χ0) is 24.4. The smallest absolute Gasteiger partial charge is 0.309 e. The molecule has 33 heavy (non-hydrogen) atoms. The fraction of sp³-hybridized carbons (Fsp3) is 0.931. The zero-order valence-corrected chi connectivity index (χ0v) is 22.0. The van der Waals surface area contributed by atoms with Gasteiger partial charge in [0.1, 0.15) is 0 Å². The molecule has 0 heterocycles. The fourth-order valence-electron chi connectivity index (χ4n) is 10.6. The molecule has 0 aliphatic heterocycles. The molecule has 9 atom stereocenters. The van der Waals surface area contributed by atoms with Crippen molar-refractivity contribution in [1.29, 1.82) is 0 Å². The minimum Gasteiger partial charge on any atom is -0.481 e. The monoisotopic (exact) mass is 460 g/mol. The van der Waals surface area contributed by atoms with Gasteiger partial charge >= 0.3 is 11.9 Å². The molecule has 0 unspecified atom stereocenters. The van der Waals surface area contributed by atoms with Crippen molar-refractivity contribution in [2.75, 3.05) is 0 Å². The van der Waals surface area contributed by atoms with Crippen molar-refractivity contribution in [1.82, 2.24) is 0 Å². The standard InChI is InChI=1S/C29H48O4/c1-7-19-10-14-28(6)22(26(19,4)13-12-23(30)31)9-8-21-24-20(18(2)3)11-15-29(24,25(32)33)17-16-27(21,28)5/h18-22,24H,7-17H2,1-6H3,(H,30,31)(H,32,33)/t19-,20+,21-,22-,24-,26+,27-,28-,29+/m1/s1. The normalized spacial score (nSPS) is 49.2. The van der Waals surface area contributed by atoms with E-state index in [-0.39, 0.29) is 22.7 Å². The molecule has 4 fully saturated rings. The number of hydrogen-bond acceptors (Lipinski definition) is 2. The molecule has 4 heteroatoms. The van der Waals surface area contributed by atoms with Crippen LogP contribution in [0.15, 0.2) is 0 Å². The van der Waals surface area contributed by atoms with E-state index in [1.165, 1.54) is 12.8 Å². The molecule has 4 nitrogen and oxygen atoms in total. The predicted molar refractivity (Wildman–Crippen MR) is 131 cm³/mol. The molecule has 0 bridgehead atoms. The van der Waals surface area contributed by atoms with E-state index in [4.69, 9.17) is 0 Å². The lowest BCUT2D eigenvalue weighted by Crippen LogP contribution is -2.64. The van der Waals surface area contributed by atoms with E-state index in [2.05, 4.69) is 41.5 Å². The quantitative estimate of drug-likeness (QED) is 0.437. The van der Waals surface area contributed by atoms with Gasteiger partial charge in [0.2, 0.25) is 0 Å². The molecule has 4 saturated carbocycles. The lowest BCUT2D eigenvalue weighted by atomic mass is 9.34. The maximum absolute atomic E-state index is 12.7. The largest absolute Gasteiger partial charge is 0.481 e. The number of carboxylic acid groups (broad SMARTS) is 2. The van der Waals surface area contributed by atoms with Crippen molar-refractivity contribution >= 4 is 11.9 Å². The van der Waals surface area contributed by atoms with Crippen LogP contribution in [-0.4, -0.2) is 22.2 Å². The highest BCUT2D eigenvalue weighted by atomic mass is 16.4. The van der Waals surface area contributed by atoms with Crippen molar-refractivity contribution in [3.05, 3.63) is 0 Å². The summed E-state index contributed by atoms with van der Waals surface area (Å²) in [5.74, 6) is 1.71. The third-order valence-electron chi connectivity index (χ3n) is 12.6. The van der Waals surface area contributed by atoms with Crippen LogP contribution in [-0.2, 0) is 9.59 Å². The molecule has 0 spiro atoms. The second-order valence-corrected chi connectivity index (χ2v) is 13.5. The average Bonchev–Trinajstić information content (AvgIpc) is 3.15. The van der Waals surface area contributed by atoms with Gasteiger partial charge in [-0.2, -0.15) is 0 Å². The minimum atomic E-state index is -0.673. The molecule has 0 amide bonds. The summed E-state index contributed by atoms with van der Waals surface area (Å²) in [7, 11) is 0. The van der Waals surface area contributed by atoms with Gasteiger partial charge in [-0.3, -0.25) is 9.59 Å². The molecular weight excluding hydrogens is 412 g/mol. The molecule has 4 aliphatic carbocycles. The molecular formula is C29H48O4. The number of aliphatic carboxylic acids is 2. The van der Waals surface area contributed by atoms with Crippen molar-refractivity contribution in [2.45, 2.75) is 112 Å². The Morgan fingerprint density at radius 2 is 1.61 bits per heavy atom. The highest BCUT2D eigenvalue weighted by molar-refractivity contribution is 5.76. The van der Waals surface area contributed by atoms with Crippen molar-refractivity contribution in [2.24, 2.45) is 57.2 Å². The lowest BCUT2D eigenvalue weighted by Gasteiger charge is -2.70. The maximum Gasteiger partial charge on any atom is 0.309 e. The third-order valence-corrected chi connectivity index (χ3v) is 12.6. The van der Waals surface area contributed by atoms with E-state index < -0.39 is 17.4 Å². The Hall–Kier alpha value is -1.06. The summed E-state index contributed by atoms with van der Waals surface area (Å²) in [6.45, 7) is 14.4. The van der Waals surface area contributed by atoms with E-state index in [0.29, 0.717) is 35.5 Å². The van der Waals surface area contributed by atoms with Crippen LogP contribution >= 0.6 is 0 Å². The summed E-state index contributed by atoms with van der Waals surface area (Å²) in [6.07, 6.45) is 10.6. The Morgan fingerprint density at radius 3 is 2.18 bits per heavy atom. The van der Waals surface area contributed by atoms with Crippen LogP contribution < -0.4 is 0 Å². The topological polar surface area (TPSA) is 74.6 Å². The summed E-state index contributed by atoms with van der Waals surface area (Å²) < 4.78 is 0. The lowest BCUT2D eigenvalue weighted by molar-refractivity contribution is -0.225. The van der Waals surface area contributed by atoms with Crippen LogP contribution in [0.3, 0.4) is 0 Å². The van der Waals surface area contributed by atoms with Gasteiger partial charge < -0.3 is 10.2 Å². The van der Waals surface area contributed by atoms with Crippen molar-refractivity contribution < 1.29 is 19.8 Å². The van der Waals surface area contributed by atoms with Crippen LogP contribution in [0.1, 0.15) is 112 Å². The molecule has 0 saturated heterocycles. The second kappa shape index (κ2) is 8.26. The summed E-state index contributed by atoms with van der Waals surface area (Å²) in [5, 5.41) is 20.0. The fourth-order valence-corrected chi connectivity index (χ4v) is 10.6. The Morgan fingerprint density at radius 1 is 0.909 bits per heavy atom. The second-order valence-electron chi connectivity index (χ2n) is 13.5. The molecule has 0 radical (unpaired) electrons. The molecule has 2 N–H and O–H groups in total. The van der Waals surface area contributed by atoms with Crippen LogP contribution in [0.4, 0.5) is 0 Å². The Bertz CT molecular complexity index is 790. The van der Waals surface area contributed by atoms with Gasteiger partial charge in [0.25, 0.3) is 0 Å². The SMILES string of the molecule is CC[C@@H]1CC[C@]2(C)[C@H](CC[C@@H]3[C@H]4[C@H](C(C)C)CC[C@]4(C(=O)O)CC[C@]32C)[C@@]1(C)CCC(=O)O. The molecule has 4 rings (SSSR count). The van der Waals surface area contributed by atoms with Gasteiger partial charge in [-0.25, -0.2) is 0 Å². The Balaban J connectivity index is 1.75. The highest BCUT2D eigenvalue weighted by Gasteiger charge is 2.70.